The Labute approximate surface area is 207 Å². The topological polar surface area (TPSA) is 118 Å². The number of carbonyl (C=O) groups is 4. The molecule has 2 heterocycles. The number of rotatable bonds is 4. The Bertz CT molecular complexity index is 1310. The van der Waals surface area contributed by atoms with Crippen LogP contribution < -0.4 is 9.80 Å². The Hall–Kier alpha value is -3.64. The van der Waals surface area contributed by atoms with Crippen molar-refractivity contribution in [3.8, 4) is 0 Å². The van der Waals surface area contributed by atoms with Gasteiger partial charge in [0.1, 0.15) is 0 Å². The second-order valence-corrected chi connectivity index (χ2v) is 9.00. The summed E-state index contributed by atoms with van der Waals surface area (Å²) in [4.78, 5) is 53.1. The number of amides is 4. The monoisotopic (exact) mass is 525 g/mol. The van der Waals surface area contributed by atoms with E-state index in [1.54, 1.807) is 0 Å². The Balaban J connectivity index is 1.75. The maximum Gasteiger partial charge on any atom is 0.417 e. The summed E-state index contributed by atoms with van der Waals surface area (Å²) in [6, 6.07) is 6.20. The first kappa shape index (κ1) is 25.5. The van der Waals surface area contributed by atoms with Crippen molar-refractivity contribution in [1.29, 1.82) is 0 Å². The first-order valence-corrected chi connectivity index (χ1v) is 10.9. The number of halogens is 4. The van der Waals surface area contributed by atoms with Gasteiger partial charge in [0.2, 0.25) is 5.91 Å². The van der Waals surface area contributed by atoms with Crippen molar-refractivity contribution in [2.45, 2.75) is 25.2 Å². The molecule has 4 rings (SSSR count). The highest BCUT2D eigenvalue weighted by Crippen LogP contribution is 2.42. The van der Waals surface area contributed by atoms with Gasteiger partial charge in [-0.2, -0.15) is 13.2 Å². The summed E-state index contributed by atoms with van der Waals surface area (Å²) in [5.74, 6) is -4.98. The van der Waals surface area contributed by atoms with Crippen LogP contribution in [0.1, 0.15) is 23.6 Å². The number of hydrogen-bond acceptors (Lipinski definition) is 5. The van der Waals surface area contributed by atoms with E-state index >= 15 is 0 Å². The molecule has 2 aromatic carbocycles. The fourth-order valence-electron chi connectivity index (χ4n) is 4.33. The fraction of sp³-hybridized carbons (Fsp3) is 0.304. The van der Waals surface area contributed by atoms with E-state index in [-0.39, 0.29) is 16.8 Å². The van der Waals surface area contributed by atoms with Crippen LogP contribution in [0, 0.1) is 5.92 Å². The fourth-order valence-corrected chi connectivity index (χ4v) is 4.62. The minimum Gasteiger partial charge on any atom is -0.481 e. The molecule has 4 amide bonds. The van der Waals surface area contributed by atoms with Gasteiger partial charge in [-0.1, -0.05) is 23.7 Å². The van der Waals surface area contributed by atoms with Gasteiger partial charge in [0.15, 0.2) is 11.5 Å². The number of carbonyl (C=O) groups excluding carboxylic acids is 3. The zero-order valence-corrected chi connectivity index (χ0v) is 19.6. The predicted molar refractivity (Wildman–Crippen MR) is 120 cm³/mol. The number of benzene rings is 2. The van der Waals surface area contributed by atoms with Crippen LogP contribution in [-0.2, 0) is 32.7 Å². The van der Waals surface area contributed by atoms with Crippen molar-refractivity contribution in [1.82, 2.24) is 4.90 Å². The predicted octanol–water partition coefficient (Wildman–Crippen LogP) is 3.21. The van der Waals surface area contributed by atoms with Gasteiger partial charge in [0, 0.05) is 24.8 Å². The third-order valence-electron chi connectivity index (χ3n) is 6.30. The van der Waals surface area contributed by atoms with Gasteiger partial charge in [-0.25, -0.2) is 4.79 Å². The quantitative estimate of drug-likeness (QED) is 0.592. The van der Waals surface area contributed by atoms with E-state index in [4.69, 9.17) is 11.6 Å². The van der Waals surface area contributed by atoms with Crippen LogP contribution in [0.2, 0.25) is 5.02 Å². The van der Waals surface area contributed by atoms with Crippen molar-refractivity contribution in [2.24, 2.45) is 5.92 Å². The van der Waals surface area contributed by atoms with Crippen molar-refractivity contribution >= 4 is 46.8 Å². The van der Waals surface area contributed by atoms with Crippen molar-refractivity contribution in [3.05, 3.63) is 58.1 Å². The molecule has 2 aliphatic rings. The molecule has 0 aliphatic carbocycles. The van der Waals surface area contributed by atoms with Gasteiger partial charge < -0.3 is 15.1 Å². The van der Waals surface area contributed by atoms with E-state index in [0.717, 1.165) is 17.0 Å². The summed E-state index contributed by atoms with van der Waals surface area (Å²) in [6.07, 6.45) is -4.79. The SMILES string of the molecule is CN1C(=O)C(C)(O)c2cc(N3CC(C(=O)O)C(=O)N(Cc4cccc(C(F)(F)F)c4Cl)C3=O)ccc21. The normalized spacial score (nSPS) is 22.4. The Morgan fingerprint density at radius 1 is 1.19 bits per heavy atom. The molecule has 2 aromatic rings. The minimum atomic E-state index is -4.79. The van der Waals surface area contributed by atoms with E-state index in [1.165, 1.54) is 43.1 Å². The number of imide groups is 1. The van der Waals surface area contributed by atoms with Gasteiger partial charge in [0.25, 0.3) is 5.91 Å². The van der Waals surface area contributed by atoms with Crippen LogP contribution in [0.15, 0.2) is 36.4 Å². The molecule has 0 bridgehead atoms. The number of hydrogen-bond donors (Lipinski definition) is 2. The van der Waals surface area contributed by atoms with E-state index in [1.807, 2.05) is 0 Å². The molecule has 2 aliphatic heterocycles. The molecule has 0 spiro atoms. The van der Waals surface area contributed by atoms with Crippen LogP contribution >= 0.6 is 11.6 Å². The molecule has 2 N–H and O–H groups in total. The van der Waals surface area contributed by atoms with Gasteiger partial charge in [-0.3, -0.25) is 24.2 Å². The van der Waals surface area contributed by atoms with Gasteiger partial charge >= 0.3 is 18.2 Å². The number of carboxylic acids is 1. The van der Waals surface area contributed by atoms with Crippen molar-refractivity contribution in [2.75, 3.05) is 23.4 Å². The second kappa shape index (κ2) is 8.49. The number of anilines is 2. The molecule has 36 heavy (non-hydrogen) atoms. The second-order valence-electron chi connectivity index (χ2n) is 8.62. The Morgan fingerprint density at radius 3 is 2.47 bits per heavy atom. The Kier molecular flexibility index (Phi) is 6.00. The van der Waals surface area contributed by atoms with Crippen molar-refractivity contribution < 1.29 is 42.6 Å². The van der Waals surface area contributed by atoms with Crippen LogP contribution in [0.25, 0.3) is 0 Å². The molecule has 9 nitrogen and oxygen atoms in total. The summed E-state index contributed by atoms with van der Waals surface area (Å²) < 4.78 is 39.8. The zero-order valence-electron chi connectivity index (χ0n) is 18.8. The lowest BCUT2D eigenvalue weighted by Crippen LogP contribution is -2.58. The molecule has 1 fully saturated rings. The highest BCUT2D eigenvalue weighted by Gasteiger charge is 2.47. The number of likely N-dealkylation sites (N-methyl/N-ethyl adjacent to an activating group) is 1. The van der Waals surface area contributed by atoms with E-state index in [9.17, 15) is 42.6 Å². The van der Waals surface area contributed by atoms with Gasteiger partial charge in [-0.05, 0) is 36.8 Å². The summed E-state index contributed by atoms with van der Waals surface area (Å²) in [5.41, 5.74) is -2.66. The molecule has 0 aromatic heterocycles. The Morgan fingerprint density at radius 2 is 1.86 bits per heavy atom. The van der Waals surface area contributed by atoms with Gasteiger partial charge in [0.05, 0.1) is 22.8 Å². The highest BCUT2D eigenvalue weighted by atomic mass is 35.5. The first-order chi connectivity index (χ1) is 16.7. The molecule has 2 unspecified atom stereocenters. The van der Waals surface area contributed by atoms with E-state index < -0.39 is 65.2 Å². The third kappa shape index (κ3) is 3.95. The smallest absolute Gasteiger partial charge is 0.417 e. The molecule has 13 heteroatoms. The summed E-state index contributed by atoms with van der Waals surface area (Å²) in [5, 5.41) is 19.6. The molecule has 2 atom stereocenters. The molecular formula is C23H19ClF3N3O6. The number of nitrogens with zero attached hydrogens (tertiary/aromatic N) is 3. The van der Waals surface area contributed by atoms with Crippen LogP contribution in [0.5, 0.6) is 0 Å². The third-order valence-corrected chi connectivity index (χ3v) is 6.75. The molecule has 0 saturated carbocycles. The average Bonchev–Trinajstić information content (AvgIpc) is 2.96. The number of aliphatic carboxylic acids is 1. The van der Waals surface area contributed by atoms with E-state index in [2.05, 4.69) is 0 Å². The van der Waals surface area contributed by atoms with Crippen LogP contribution in [-0.4, -0.2) is 52.5 Å². The number of fused-ring (bicyclic) bond motifs is 1. The van der Waals surface area contributed by atoms with Crippen LogP contribution in [0.3, 0.4) is 0 Å². The number of alkyl halides is 3. The van der Waals surface area contributed by atoms with E-state index in [0.29, 0.717) is 10.6 Å². The zero-order chi connectivity index (χ0) is 26.7. The minimum absolute atomic E-state index is 0.0843. The van der Waals surface area contributed by atoms with Crippen molar-refractivity contribution in [3.63, 3.8) is 0 Å². The first-order valence-electron chi connectivity index (χ1n) is 10.5. The number of urea groups is 1. The molecule has 190 valence electrons. The molecular weight excluding hydrogens is 507 g/mol. The number of carboxylic acid groups (broad SMARTS) is 1. The number of aliphatic hydroxyl groups is 1. The molecule has 1 saturated heterocycles. The summed E-state index contributed by atoms with van der Waals surface area (Å²) in [6.45, 7) is 0.000109. The lowest BCUT2D eigenvalue weighted by atomic mass is 9.96. The standard InChI is InChI=1S/C23H19ClF3N3O6/c1-22(36)15-8-12(6-7-16(15)28(2)20(22)34)29-10-13(19(32)33)18(31)30(21(29)35)9-11-4-3-5-14(17(11)24)23(25,26)27/h3-8,13,36H,9-10H2,1-2H3,(H,32,33). The lowest BCUT2D eigenvalue weighted by Gasteiger charge is -2.37. The summed E-state index contributed by atoms with van der Waals surface area (Å²) >= 11 is 5.92. The average molecular weight is 526 g/mol. The maximum atomic E-state index is 13.3. The maximum absolute atomic E-state index is 13.3. The van der Waals surface area contributed by atoms with Gasteiger partial charge in [-0.15, -0.1) is 0 Å². The highest BCUT2D eigenvalue weighted by molar-refractivity contribution is 6.32. The summed E-state index contributed by atoms with van der Waals surface area (Å²) in [7, 11) is 1.45. The lowest BCUT2D eigenvalue weighted by molar-refractivity contribution is -0.150. The largest absolute Gasteiger partial charge is 0.481 e. The van der Waals surface area contributed by atoms with Crippen LogP contribution in [0.4, 0.5) is 29.3 Å². The molecule has 0 radical (unpaired) electrons.